The standard InChI is InChI=1S/C23H23ClN4O4S2/c24-17-10-4-2-8-15(17)20(29)25-21-26-27-22(33-21)34(30,31)28-18-14-23(12-6-1-7-13-23)32-19-11-5-3-9-16(18)19/h2-5,8-11,18,28H,1,6-7,12-14H2,(H,25,26,29)/t18-/m0/s1. The van der Waals surface area contributed by atoms with Crippen LogP contribution in [-0.4, -0.2) is 30.1 Å². The Bertz CT molecular complexity index is 1320. The van der Waals surface area contributed by atoms with Crippen LogP contribution in [0.15, 0.2) is 52.9 Å². The van der Waals surface area contributed by atoms with E-state index in [9.17, 15) is 13.2 Å². The number of hydrogen-bond acceptors (Lipinski definition) is 7. The molecule has 1 amide bonds. The second-order valence-electron chi connectivity index (χ2n) is 8.57. The second-order valence-corrected chi connectivity index (χ2v) is 11.8. The van der Waals surface area contributed by atoms with Gasteiger partial charge in [0, 0.05) is 12.0 Å². The summed E-state index contributed by atoms with van der Waals surface area (Å²) in [6.07, 6.45) is 5.64. The largest absolute Gasteiger partial charge is 0.487 e. The SMILES string of the molecule is O=C(Nc1nnc(S(=O)(=O)N[C@H]2CC3(CCCCC3)Oc3ccccc32)s1)c1ccccc1Cl. The Kier molecular flexibility index (Phi) is 6.32. The Balaban J connectivity index is 1.36. The van der Waals surface area contributed by atoms with E-state index < -0.39 is 22.0 Å². The number of nitrogens with zero attached hydrogens (tertiary/aromatic N) is 2. The fraction of sp³-hybridized carbons (Fsp3) is 0.348. The first-order chi connectivity index (χ1) is 16.4. The van der Waals surface area contributed by atoms with Crippen LogP contribution in [0.4, 0.5) is 5.13 Å². The van der Waals surface area contributed by atoms with Crippen molar-refractivity contribution in [3.05, 3.63) is 64.7 Å². The molecule has 2 heterocycles. The molecule has 11 heteroatoms. The van der Waals surface area contributed by atoms with Crippen LogP contribution in [0.3, 0.4) is 0 Å². The van der Waals surface area contributed by atoms with Gasteiger partial charge in [-0.25, -0.2) is 13.1 Å². The molecule has 1 aromatic heterocycles. The molecular formula is C23H23ClN4O4S2. The van der Waals surface area contributed by atoms with Crippen molar-refractivity contribution in [3.63, 3.8) is 0 Å². The maximum atomic E-state index is 13.2. The predicted octanol–water partition coefficient (Wildman–Crippen LogP) is 4.95. The van der Waals surface area contributed by atoms with Crippen LogP contribution >= 0.6 is 22.9 Å². The van der Waals surface area contributed by atoms with Crippen molar-refractivity contribution in [2.24, 2.45) is 0 Å². The average Bonchev–Trinajstić information content (AvgIpc) is 3.29. The van der Waals surface area contributed by atoms with Gasteiger partial charge in [0.25, 0.3) is 15.9 Å². The zero-order valence-corrected chi connectivity index (χ0v) is 20.5. The van der Waals surface area contributed by atoms with Crippen molar-refractivity contribution < 1.29 is 17.9 Å². The number of sulfonamides is 1. The molecule has 8 nitrogen and oxygen atoms in total. The zero-order valence-electron chi connectivity index (χ0n) is 18.2. The molecular weight excluding hydrogens is 496 g/mol. The molecule has 5 rings (SSSR count). The monoisotopic (exact) mass is 518 g/mol. The number of para-hydroxylation sites is 1. The Hall–Kier alpha value is -2.53. The molecule has 1 atom stereocenters. The maximum absolute atomic E-state index is 13.2. The highest BCUT2D eigenvalue weighted by Crippen LogP contribution is 2.46. The molecule has 1 aliphatic heterocycles. The molecule has 1 aliphatic carbocycles. The number of fused-ring (bicyclic) bond motifs is 1. The normalized spacial score (nSPS) is 19.3. The van der Waals surface area contributed by atoms with E-state index in [2.05, 4.69) is 20.2 Å². The van der Waals surface area contributed by atoms with Gasteiger partial charge in [0.05, 0.1) is 16.6 Å². The highest BCUT2D eigenvalue weighted by molar-refractivity contribution is 7.91. The highest BCUT2D eigenvalue weighted by Gasteiger charge is 2.43. The average molecular weight is 519 g/mol. The molecule has 1 spiro atoms. The smallest absolute Gasteiger partial charge is 0.270 e. The third kappa shape index (κ3) is 4.68. The summed E-state index contributed by atoms with van der Waals surface area (Å²) in [7, 11) is -3.98. The highest BCUT2D eigenvalue weighted by atomic mass is 35.5. The van der Waals surface area contributed by atoms with Crippen molar-refractivity contribution in [2.75, 3.05) is 5.32 Å². The number of halogens is 1. The minimum absolute atomic E-state index is 0.0708. The number of ether oxygens (including phenoxy) is 1. The molecule has 1 saturated carbocycles. The molecule has 0 bridgehead atoms. The summed E-state index contributed by atoms with van der Waals surface area (Å²) in [5, 5.41) is 10.6. The summed E-state index contributed by atoms with van der Waals surface area (Å²) in [6, 6.07) is 13.7. The number of carbonyl (C=O) groups is 1. The van der Waals surface area contributed by atoms with Crippen molar-refractivity contribution >= 4 is 44.0 Å². The van der Waals surface area contributed by atoms with E-state index in [0.717, 1.165) is 49.0 Å². The van der Waals surface area contributed by atoms with Gasteiger partial charge in [-0.15, -0.1) is 10.2 Å². The Morgan fingerprint density at radius 2 is 1.79 bits per heavy atom. The molecule has 0 unspecified atom stereocenters. The molecule has 0 radical (unpaired) electrons. The van der Waals surface area contributed by atoms with Gasteiger partial charge in [-0.1, -0.05) is 59.7 Å². The summed E-state index contributed by atoms with van der Waals surface area (Å²) < 4.78 is 35.4. The minimum Gasteiger partial charge on any atom is -0.487 e. The lowest BCUT2D eigenvalue weighted by Gasteiger charge is -2.44. The number of benzene rings is 2. The molecule has 1 fully saturated rings. The Labute approximate surface area is 206 Å². The fourth-order valence-electron chi connectivity index (χ4n) is 4.64. The summed E-state index contributed by atoms with van der Waals surface area (Å²) in [5.41, 5.74) is 0.701. The van der Waals surface area contributed by atoms with E-state index in [1.54, 1.807) is 24.3 Å². The van der Waals surface area contributed by atoms with Crippen molar-refractivity contribution in [3.8, 4) is 5.75 Å². The molecule has 2 N–H and O–H groups in total. The van der Waals surface area contributed by atoms with Gasteiger partial charge in [-0.3, -0.25) is 10.1 Å². The molecule has 0 saturated heterocycles. The van der Waals surface area contributed by atoms with E-state index in [-0.39, 0.29) is 25.7 Å². The minimum atomic E-state index is -3.98. The van der Waals surface area contributed by atoms with Gasteiger partial charge < -0.3 is 4.74 Å². The summed E-state index contributed by atoms with van der Waals surface area (Å²) in [6.45, 7) is 0. The Morgan fingerprint density at radius 3 is 2.59 bits per heavy atom. The van der Waals surface area contributed by atoms with Gasteiger partial charge in [0.1, 0.15) is 11.4 Å². The van der Waals surface area contributed by atoms with Gasteiger partial charge in [-0.05, 0) is 43.9 Å². The summed E-state index contributed by atoms with van der Waals surface area (Å²) in [4.78, 5) is 12.5. The fourth-order valence-corrected chi connectivity index (χ4v) is 6.99. The number of aromatic nitrogens is 2. The third-order valence-electron chi connectivity index (χ3n) is 6.23. The van der Waals surface area contributed by atoms with E-state index in [0.29, 0.717) is 12.2 Å². The molecule has 2 aliphatic rings. The van der Waals surface area contributed by atoms with Crippen LogP contribution in [0.25, 0.3) is 0 Å². The number of carbonyl (C=O) groups excluding carboxylic acids is 1. The van der Waals surface area contributed by atoms with Crippen LogP contribution in [0.1, 0.15) is 60.5 Å². The van der Waals surface area contributed by atoms with Gasteiger partial charge in [-0.2, -0.15) is 0 Å². The van der Waals surface area contributed by atoms with Crippen molar-refractivity contribution in [1.82, 2.24) is 14.9 Å². The number of hydrogen-bond donors (Lipinski definition) is 2. The molecule has 178 valence electrons. The van der Waals surface area contributed by atoms with Crippen molar-refractivity contribution in [2.45, 2.75) is 54.5 Å². The van der Waals surface area contributed by atoms with Crippen LogP contribution in [0.2, 0.25) is 5.02 Å². The molecule has 2 aromatic carbocycles. The van der Waals surface area contributed by atoms with Crippen LogP contribution in [-0.2, 0) is 10.0 Å². The van der Waals surface area contributed by atoms with Crippen LogP contribution in [0.5, 0.6) is 5.75 Å². The van der Waals surface area contributed by atoms with Gasteiger partial charge in [0.15, 0.2) is 0 Å². The Morgan fingerprint density at radius 1 is 1.06 bits per heavy atom. The van der Waals surface area contributed by atoms with Crippen LogP contribution in [0, 0.1) is 0 Å². The lowest BCUT2D eigenvalue weighted by molar-refractivity contribution is 0.0000717. The number of nitrogens with one attached hydrogen (secondary N) is 2. The number of amides is 1. The van der Waals surface area contributed by atoms with Crippen LogP contribution < -0.4 is 14.8 Å². The quantitative estimate of drug-likeness (QED) is 0.462. The van der Waals surface area contributed by atoms with Gasteiger partial charge in [0.2, 0.25) is 9.47 Å². The summed E-state index contributed by atoms with van der Waals surface area (Å²) in [5.74, 6) is 0.226. The maximum Gasteiger partial charge on any atom is 0.270 e. The first kappa shape index (κ1) is 23.2. The predicted molar refractivity (Wildman–Crippen MR) is 130 cm³/mol. The van der Waals surface area contributed by atoms with E-state index in [4.69, 9.17) is 16.3 Å². The first-order valence-corrected chi connectivity index (χ1v) is 13.7. The lowest BCUT2D eigenvalue weighted by atomic mass is 9.77. The van der Waals surface area contributed by atoms with Crippen molar-refractivity contribution in [1.29, 1.82) is 0 Å². The first-order valence-electron chi connectivity index (χ1n) is 11.0. The van der Waals surface area contributed by atoms with E-state index in [1.807, 2.05) is 24.3 Å². The third-order valence-corrected chi connectivity index (χ3v) is 9.24. The second kappa shape index (κ2) is 9.26. The van der Waals surface area contributed by atoms with E-state index in [1.165, 1.54) is 0 Å². The molecule has 3 aromatic rings. The number of anilines is 1. The lowest BCUT2D eigenvalue weighted by Crippen LogP contribution is -2.46. The zero-order chi connectivity index (χ0) is 23.8. The summed E-state index contributed by atoms with van der Waals surface area (Å²) >= 11 is 6.85. The van der Waals surface area contributed by atoms with E-state index >= 15 is 0 Å². The van der Waals surface area contributed by atoms with Gasteiger partial charge >= 0.3 is 0 Å². The molecule has 34 heavy (non-hydrogen) atoms. The number of rotatable bonds is 5. The topological polar surface area (TPSA) is 110 Å².